The van der Waals surface area contributed by atoms with Gasteiger partial charge in [0.15, 0.2) is 11.6 Å². The smallest absolute Gasteiger partial charge is 0.308 e. The number of carboxylic acid groups (broad SMARTS) is 1. The van der Waals surface area contributed by atoms with Gasteiger partial charge in [0.25, 0.3) is 0 Å². The second-order valence-corrected chi connectivity index (χ2v) is 3.96. The van der Waals surface area contributed by atoms with Crippen molar-refractivity contribution in [2.45, 2.75) is 6.42 Å². The van der Waals surface area contributed by atoms with E-state index in [1.165, 1.54) is 0 Å². The molecule has 0 bridgehead atoms. The van der Waals surface area contributed by atoms with E-state index in [0.29, 0.717) is 12.1 Å². The lowest BCUT2D eigenvalue weighted by molar-refractivity contribution is -0.141. The third kappa shape index (κ3) is 2.03. The van der Waals surface area contributed by atoms with Crippen LogP contribution in [0.5, 0.6) is 0 Å². The Morgan fingerprint density at radius 1 is 1.22 bits per heavy atom. The highest BCUT2D eigenvalue weighted by molar-refractivity contribution is 5.99. The van der Waals surface area contributed by atoms with E-state index < -0.39 is 40.9 Å². The zero-order chi connectivity index (χ0) is 13.4. The van der Waals surface area contributed by atoms with Gasteiger partial charge >= 0.3 is 5.97 Å². The topological polar surface area (TPSA) is 57.6 Å². The zero-order valence-corrected chi connectivity index (χ0v) is 8.99. The summed E-state index contributed by atoms with van der Waals surface area (Å²) in [6.07, 6.45) is -0.284. The van der Waals surface area contributed by atoms with Crippen molar-refractivity contribution < 1.29 is 27.9 Å². The van der Waals surface area contributed by atoms with Gasteiger partial charge in [-0.1, -0.05) is 0 Å². The molecule has 1 amide bonds. The molecule has 1 fully saturated rings. The van der Waals surface area contributed by atoms with Gasteiger partial charge in [-0.2, -0.15) is 0 Å². The van der Waals surface area contributed by atoms with Crippen LogP contribution in [0.2, 0.25) is 0 Å². The molecule has 1 aliphatic rings. The average Bonchev–Trinajstić information content (AvgIpc) is 2.66. The van der Waals surface area contributed by atoms with E-state index in [0.717, 1.165) is 4.90 Å². The number of carbonyl (C=O) groups excluding carboxylic acids is 1. The molecule has 1 unspecified atom stereocenters. The fourth-order valence-electron chi connectivity index (χ4n) is 1.82. The molecule has 0 saturated carbocycles. The Hall–Kier alpha value is -2.05. The van der Waals surface area contributed by atoms with Crippen LogP contribution in [0.3, 0.4) is 0 Å². The summed E-state index contributed by atoms with van der Waals surface area (Å²) in [5.74, 6) is -6.55. The van der Waals surface area contributed by atoms with Crippen LogP contribution >= 0.6 is 0 Å². The number of carbonyl (C=O) groups is 2. The van der Waals surface area contributed by atoms with Gasteiger partial charge in [-0.15, -0.1) is 0 Å². The van der Waals surface area contributed by atoms with Crippen LogP contribution in [0.25, 0.3) is 0 Å². The Morgan fingerprint density at radius 2 is 1.83 bits per heavy atom. The van der Waals surface area contributed by atoms with Crippen molar-refractivity contribution in [2.75, 3.05) is 11.4 Å². The Balaban J connectivity index is 2.35. The van der Waals surface area contributed by atoms with Gasteiger partial charge in [0.1, 0.15) is 5.82 Å². The first-order chi connectivity index (χ1) is 8.40. The lowest BCUT2D eigenvalue weighted by Gasteiger charge is -2.17. The van der Waals surface area contributed by atoms with E-state index in [1.807, 2.05) is 0 Å². The maximum atomic E-state index is 13.4. The number of carboxylic acids is 1. The molecule has 1 N–H and O–H groups in total. The van der Waals surface area contributed by atoms with E-state index in [2.05, 4.69) is 0 Å². The number of anilines is 1. The molecule has 4 nitrogen and oxygen atoms in total. The van der Waals surface area contributed by atoms with Gasteiger partial charge in [0.05, 0.1) is 11.6 Å². The summed E-state index contributed by atoms with van der Waals surface area (Å²) in [6, 6.07) is 0.874. The summed E-state index contributed by atoms with van der Waals surface area (Å²) in [4.78, 5) is 23.1. The SMILES string of the molecule is O=C(O)C1CC(=O)N(c2cc(F)c(F)cc2F)C1. The molecule has 0 aliphatic carbocycles. The maximum absolute atomic E-state index is 13.4. The molecule has 96 valence electrons. The molecule has 0 radical (unpaired) electrons. The number of amides is 1. The number of hydrogen-bond donors (Lipinski definition) is 1. The quantitative estimate of drug-likeness (QED) is 0.819. The Labute approximate surface area is 99.6 Å². The van der Waals surface area contributed by atoms with Gasteiger partial charge in [-0.3, -0.25) is 9.59 Å². The molecule has 1 saturated heterocycles. The minimum Gasteiger partial charge on any atom is -0.481 e. The van der Waals surface area contributed by atoms with Gasteiger partial charge in [-0.25, -0.2) is 13.2 Å². The lowest BCUT2D eigenvalue weighted by Crippen LogP contribution is -2.27. The number of benzene rings is 1. The van der Waals surface area contributed by atoms with Crippen molar-refractivity contribution in [3.8, 4) is 0 Å². The molecule has 1 atom stereocenters. The molecular formula is C11H8F3NO3. The summed E-state index contributed by atoms with van der Waals surface area (Å²) in [5.41, 5.74) is -0.442. The molecule has 18 heavy (non-hydrogen) atoms. The summed E-state index contributed by atoms with van der Waals surface area (Å²) >= 11 is 0. The second-order valence-electron chi connectivity index (χ2n) is 3.96. The number of halogens is 3. The van der Waals surface area contributed by atoms with Gasteiger partial charge in [0, 0.05) is 25.1 Å². The number of aliphatic carboxylic acids is 1. The van der Waals surface area contributed by atoms with Gasteiger partial charge in [0.2, 0.25) is 5.91 Å². The lowest BCUT2D eigenvalue weighted by atomic mass is 10.1. The molecule has 1 heterocycles. The summed E-state index contributed by atoms with van der Waals surface area (Å²) < 4.78 is 39.2. The van der Waals surface area contributed by atoms with E-state index in [4.69, 9.17) is 5.11 Å². The zero-order valence-electron chi connectivity index (χ0n) is 8.99. The molecule has 2 rings (SSSR count). The first-order valence-electron chi connectivity index (χ1n) is 5.08. The minimum atomic E-state index is -1.36. The molecule has 7 heteroatoms. The van der Waals surface area contributed by atoms with Crippen molar-refractivity contribution in [3.05, 3.63) is 29.6 Å². The van der Waals surface area contributed by atoms with Crippen molar-refractivity contribution in [1.82, 2.24) is 0 Å². The van der Waals surface area contributed by atoms with Gasteiger partial charge < -0.3 is 10.0 Å². The summed E-state index contributed by atoms with van der Waals surface area (Å²) in [7, 11) is 0. The Kier molecular flexibility index (Phi) is 2.98. The highest BCUT2D eigenvalue weighted by Gasteiger charge is 2.36. The third-order valence-electron chi connectivity index (χ3n) is 2.75. The van der Waals surface area contributed by atoms with E-state index in [9.17, 15) is 22.8 Å². The number of nitrogens with zero attached hydrogens (tertiary/aromatic N) is 1. The third-order valence-corrected chi connectivity index (χ3v) is 2.75. The van der Waals surface area contributed by atoms with Gasteiger partial charge in [-0.05, 0) is 0 Å². The molecule has 0 spiro atoms. The first-order valence-corrected chi connectivity index (χ1v) is 5.08. The maximum Gasteiger partial charge on any atom is 0.308 e. The highest BCUT2D eigenvalue weighted by atomic mass is 19.2. The van der Waals surface area contributed by atoms with Crippen molar-refractivity contribution in [2.24, 2.45) is 5.92 Å². The Morgan fingerprint density at radius 3 is 2.39 bits per heavy atom. The fourth-order valence-corrected chi connectivity index (χ4v) is 1.82. The second kappa shape index (κ2) is 4.32. The van der Waals surface area contributed by atoms with Crippen LogP contribution in [-0.4, -0.2) is 23.5 Å². The monoisotopic (exact) mass is 259 g/mol. The van der Waals surface area contributed by atoms with Crippen LogP contribution in [0.1, 0.15) is 6.42 Å². The first kappa shape index (κ1) is 12.4. The van der Waals surface area contributed by atoms with Crippen molar-refractivity contribution >= 4 is 17.6 Å². The van der Waals surface area contributed by atoms with Crippen molar-refractivity contribution in [1.29, 1.82) is 0 Å². The van der Waals surface area contributed by atoms with Crippen LogP contribution in [0.15, 0.2) is 12.1 Å². The predicted octanol–water partition coefficient (Wildman–Crippen LogP) is 1.54. The van der Waals surface area contributed by atoms with E-state index in [-0.39, 0.29) is 13.0 Å². The fraction of sp³-hybridized carbons (Fsp3) is 0.273. The Bertz CT molecular complexity index is 533. The molecule has 0 aromatic heterocycles. The average molecular weight is 259 g/mol. The van der Waals surface area contributed by atoms with Crippen LogP contribution in [0.4, 0.5) is 18.9 Å². The standard InChI is InChI=1S/C11H8F3NO3/c12-6-2-8(14)9(3-7(6)13)15-4-5(11(17)18)1-10(15)16/h2-3,5H,1,4H2,(H,17,18). The molecular weight excluding hydrogens is 251 g/mol. The molecule has 1 aliphatic heterocycles. The minimum absolute atomic E-state index is 0.254. The molecule has 1 aromatic rings. The largest absolute Gasteiger partial charge is 0.481 e. The highest BCUT2D eigenvalue weighted by Crippen LogP contribution is 2.29. The summed E-state index contributed by atoms with van der Waals surface area (Å²) in [6.45, 7) is -0.254. The van der Waals surface area contributed by atoms with Crippen LogP contribution in [-0.2, 0) is 9.59 Å². The normalized spacial score (nSPS) is 19.4. The van der Waals surface area contributed by atoms with E-state index >= 15 is 0 Å². The number of rotatable bonds is 2. The summed E-state index contributed by atoms with van der Waals surface area (Å²) in [5, 5.41) is 8.76. The number of hydrogen-bond acceptors (Lipinski definition) is 2. The van der Waals surface area contributed by atoms with Crippen molar-refractivity contribution in [3.63, 3.8) is 0 Å². The van der Waals surface area contributed by atoms with E-state index in [1.54, 1.807) is 0 Å². The van der Waals surface area contributed by atoms with Crippen LogP contribution < -0.4 is 4.90 Å². The predicted molar refractivity (Wildman–Crippen MR) is 54.4 cm³/mol. The molecule has 1 aromatic carbocycles. The van der Waals surface area contributed by atoms with Crippen LogP contribution in [0, 0.1) is 23.4 Å².